The predicted molar refractivity (Wildman–Crippen MR) is 106 cm³/mol. The van der Waals surface area contributed by atoms with E-state index in [4.69, 9.17) is 16.3 Å². The number of hydrogen-bond acceptors (Lipinski definition) is 5. The number of aromatic nitrogens is 3. The Labute approximate surface area is 165 Å². The van der Waals surface area contributed by atoms with Gasteiger partial charge in [-0.1, -0.05) is 28.9 Å². The molecule has 0 saturated carbocycles. The molecule has 0 aliphatic heterocycles. The lowest BCUT2D eigenvalue weighted by atomic mass is 10.0. The average molecular weight is 392 g/mol. The van der Waals surface area contributed by atoms with Crippen molar-refractivity contribution in [3.05, 3.63) is 99.3 Å². The van der Waals surface area contributed by atoms with Gasteiger partial charge in [-0.3, -0.25) is 9.59 Å². The molecular formula is C21H14ClN3O3. The second-order valence-corrected chi connectivity index (χ2v) is 6.48. The van der Waals surface area contributed by atoms with Gasteiger partial charge in [0.05, 0.1) is 5.39 Å². The van der Waals surface area contributed by atoms with E-state index in [2.05, 4.69) is 10.3 Å². The van der Waals surface area contributed by atoms with Crippen LogP contribution in [0.3, 0.4) is 0 Å². The van der Waals surface area contributed by atoms with Gasteiger partial charge in [0.25, 0.3) is 5.56 Å². The van der Waals surface area contributed by atoms with Crippen LogP contribution in [0.15, 0.2) is 77.6 Å². The molecule has 0 unspecified atom stereocenters. The number of rotatable bonds is 5. The maximum absolute atomic E-state index is 12.5. The molecule has 0 fully saturated rings. The molecule has 0 aliphatic carbocycles. The molecule has 1 heterocycles. The molecule has 0 spiro atoms. The number of halogens is 1. The molecule has 0 bridgehead atoms. The average Bonchev–Trinajstić information content (AvgIpc) is 2.74. The summed E-state index contributed by atoms with van der Waals surface area (Å²) in [6.45, 7) is -0.0822. The van der Waals surface area contributed by atoms with Crippen molar-refractivity contribution in [3.8, 4) is 5.75 Å². The number of fused-ring (bicyclic) bond motifs is 1. The summed E-state index contributed by atoms with van der Waals surface area (Å²) in [7, 11) is 0. The first kappa shape index (κ1) is 17.9. The monoisotopic (exact) mass is 391 g/mol. The minimum atomic E-state index is -0.278. The third-order valence-corrected chi connectivity index (χ3v) is 4.46. The maximum Gasteiger partial charge on any atom is 0.280 e. The maximum atomic E-state index is 12.5. The first-order valence-corrected chi connectivity index (χ1v) is 8.85. The summed E-state index contributed by atoms with van der Waals surface area (Å²) in [6.07, 6.45) is 0. The van der Waals surface area contributed by atoms with Crippen LogP contribution in [0.2, 0.25) is 5.02 Å². The fourth-order valence-corrected chi connectivity index (χ4v) is 2.84. The van der Waals surface area contributed by atoms with E-state index >= 15 is 0 Å². The summed E-state index contributed by atoms with van der Waals surface area (Å²) >= 11 is 5.85. The molecule has 0 aliphatic rings. The first-order chi connectivity index (χ1) is 13.6. The molecule has 0 saturated heterocycles. The van der Waals surface area contributed by atoms with Crippen LogP contribution in [0, 0.1) is 0 Å². The number of ketones is 1. The topological polar surface area (TPSA) is 74.1 Å². The van der Waals surface area contributed by atoms with Crippen LogP contribution in [0.1, 0.15) is 15.9 Å². The number of hydrogen-bond donors (Lipinski definition) is 0. The highest BCUT2D eigenvalue weighted by molar-refractivity contribution is 6.30. The zero-order valence-corrected chi connectivity index (χ0v) is 15.3. The van der Waals surface area contributed by atoms with Crippen LogP contribution in [-0.4, -0.2) is 20.8 Å². The summed E-state index contributed by atoms with van der Waals surface area (Å²) in [5, 5.41) is 8.94. The molecule has 0 radical (unpaired) electrons. The molecule has 4 aromatic rings. The van der Waals surface area contributed by atoms with E-state index in [1.54, 1.807) is 72.8 Å². The molecule has 0 amide bonds. The number of nitrogens with zero attached hydrogens (tertiary/aromatic N) is 3. The second-order valence-electron chi connectivity index (χ2n) is 6.05. The summed E-state index contributed by atoms with van der Waals surface area (Å²) < 4.78 is 6.76. The van der Waals surface area contributed by atoms with Crippen molar-refractivity contribution in [3.63, 3.8) is 0 Å². The number of carbonyl (C=O) groups excluding carboxylic acids is 1. The Bertz CT molecular complexity index is 1200. The zero-order valence-electron chi connectivity index (χ0n) is 14.6. The fourth-order valence-electron chi connectivity index (χ4n) is 2.71. The SMILES string of the molecule is O=C(c1ccc(Cl)cc1)c1ccc(OCn2nnc3ccccc3c2=O)cc1. The first-order valence-electron chi connectivity index (χ1n) is 8.47. The van der Waals surface area contributed by atoms with Gasteiger partial charge < -0.3 is 4.74 Å². The van der Waals surface area contributed by atoms with E-state index < -0.39 is 0 Å². The molecule has 4 rings (SSSR count). The minimum Gasteiger partial charge on any atom is -0.471 e. The number of carbonyl (C=O) groups is 1. The second kappa shape index (κ2) is 7.62. The Kier molecular flexibility index (Phi) is 4.87. The number of ether oxygens (including phenoxy) is 1. The van der Waals surface area contributed by atoms with Crippen molar-refractivity contribution in [1.29, 1.82) is 0 Å². The van der Waals surface area contributed by atoms with Crippen LogP contribution >= 0.6 is 11.6 Å². The third kappa shape index (κ3) is 3.63. The van der Waals surface area contributed by atoms with E-state index in [0.29, 0.717) is 32.8 Å². The summed E-state index contributed by atoms with van der Waals surface area (Å²) in [6, 6.07) is 20.4. The van der Waals surface area contributed by atoms with Gasteiger partial charge >= 0.3 is 0 Å². The molecule has 0 N–H and O–H groups in total. The lowest BCUT2D eigenvalue weighted by Crippen LogP contribution is -2.26. The highest BCUT2D eigenvalue weighted by Gasteiger charge is 2.10. The summed E-state index contributed by atoms with van der Waals surface area (Å²) in [5.41, 5.74) is 1.34. The van der Waals surface area contributed by atoms with E-state index in [-0.39, 0.29) is 18.1 Å². The molecule has 0 atom stereocenters. The van der Waals surface area contributed by atoms with Crippen LogP contribution in [0.4, 0.5) is 0 Å². The van der Waals surface area contributed by atoms with Crippen LogP contribution < -0.4 is 10.3 Å². The molecule has 1 aromatic heterocycles. The van der Waals surface area contributed by atoms with Gasteiger partial charge in [-0.2, -0.15) is 4.68 Å². The normalized spacial score (nSPS) is 10.8. The Morgan fingerprint density at radius 1 is 0.929 bits per heavy atom. The molecule has 28 heavy (non-hydrogen) atoms. The fraction of sp³-hybridized carbons (Fsp3) is 0.0476. The van der Waals surface area contributed by atoms with Crippen LogP contribution in [0.25, 0.3) is 10.9 Å². The van der Waals surface area contributed by atoms with Crippen LogP contribution in [0.5, 0.6) is 5.75 Å². The van der Waals surface area contributed by atoms with Crippen molar-refractivity contribution in [1.82, 2.24) is 15.0 Å². The molecule has 6 nitrogen and oxygen atoms in total. The van der Waals surface area contributed by atoms with Gasteiger partial charge in [-0.05, 0) is 60.7 Å². The van der Waals surface area contributed by atoms with Crippen LogP contribution in [-0.2, 0) is 6.73 Å². The Morgan fingerprint density at radius 2 is 1.57 bits per heavy atom. The van der Waals surface area contributed by atoms with Gasteiger partial charge in [0.2, 0.25) is 0 Å². The Balaban J connectivity index is 1.48. The van der Waals surface area contributed by atoms with E-state index in [9.17, 15) is 9.59 Å². The highest BCUT2D eigenvalue weighted by Crippen LogP contribution is 2.17. The predicted octanol–water partition coefficient (Wildman–Crippen LogP) is 3.71. The van der Waals surface area contributed by atoms with Gasteiger partial charge in [0, 0.05) is 16.1 Å². The van der Waals surface area contributed by atoms with Crippen molar-refractivity contribution >= 4 is 28.3 Å². The highest BCUT2D eigenvalue weighted by atomic mass is 35.5. The van der Waals surface area contributed by atoms with E-state index in [0.717, 1.165) is 4.68 Å². The van der Waals surface area contributed by atoms with Gasteiger partial charge in [0.1, 0.15) is 11.3 Å². The van der Waals surface area contributed by atoms with E-state index in [1.807, 2.05) is 0 Å². The van der Waals surface area contributed by atoms with Crippen molar-refractivity contribution in [2.45, 2.75) is 6.73 Å². The molecule has 138 valence electrons. The van der Waals surface area contributed by atoms with Crippen molar-refractivity contribution in [2.75, 3.05) is 0 Å². The molecule has 7 heteroatoms. The number of benzene rings is 3. The molecular weight excluding hydrogens is 378 g/mol. The minimum absolute atomic E-state index is 0.0822. The quantitative estimate of drug-likeness (QED) is 0.485. The smallest absolute Gasteiger partial charge is 0.280 e. The van der Waals surface area contributed by atoms with Crippen molar-refractivity contribution < 1.29 is 9.53 Å². The Hall–Kier alpha value is -3.51. The largest absolute Gasteiger partial charge is 0.471 e. The van der Waals surface area contributed by atoms with Gasteiger partial charge in [-0.15, -0.1) is 5.10 Å². The standard InChI is InChI=1S/C21H14ClN3O3/c22-16-9-5-14(6-10-16)20(26)15-7-11-17(12-8-15)28-13-25-21(27)18-3-1-2-4-19(18)23-24-25/h1-12H,13H2. The lowest BCUT2D eigenvalue weighted by molar-refractivity contribution is 0.103. The van der Waals surface area contributed by atoms with E-state index in [1.165, 1.54) is 0 Å². The summed E-state index contributed by atoms with van der Waals surface area (Å²) in [5.74, 6) is 0.398. The zero-order chi connectivity index (χ0) is 19.5. The van der Waals surface area contributed by atoms with Crippen molar-refractivity contribution in [2.24, 2.45) is 0 Å². The third-order valence-electron chi connectivity index (χ3n) is 4.21. The Morgan fingerprint density at radius 3 is 2.29 bits per heavy atom. The summed E-state index contributed by atoms with van der Waals surface area (Å²) in [4.78, 5) is 24.9. The lowest BCUT2D eigenvalue weighted by Gasteiger charge is -2.08. The molecule has 3 aromatic carbocycles. The van der Waals surface area contributed by atoms with Gasteiger partial charge in [0.15, 0.2) is 12.5 Å². The van der Waals surface area contributed by atoms with Gasteiger partial charge in [-0.25, -0.2) is 0 Å².